The molecule has 1 aromatic rings. The average Bonchev–Trinajstić information content (AvgIpc) is 2.54. The van der Waals surface area contributed by atoms with E-state index in [0.29, 0.717) is 6.07 Å². The van der Waals surface area contributed by atoms with Crippen LogP contribution < -0.4 is 0 Å². The first kappa shape index (κ1) is 21.0. The Labute approximate surface area is 154 Å². The van der Waals surface area contributed by atoms with Gasteiger partial charge < -0.3 is 14.5 Å². The highest BCUT2D eigenvalue weighted by Crippen LogP contribution is 2.32. The molecule has 1 aliphatic rings. The van der Waals surface area contributed by atoms with Crippen LogP contribution in [0, 0.1) is 5.82 Å². The van der Waals surface area contributed by atoms with Gasteiger partial charge in [-0.25, -0.2) is 9.18 Å². The molecule has 1 fully saturated rings. The van der Waals surface area contributed by atoms with Crippen LogP contribution in [0.2, 0.25) is 0 Å². The summed E-state index contributed by atoms with van der Waals surface area (Å²) in [4.78, 5) is 27.2. The normalized spacial score (nSPS) is 15.7. The Morgan fingerprint density at radius 3 is 2.11 bits per heavy atom. The number of nitrogens with zero attached hydrogens (tertiary/aromatic N) is 2. The van der Waals surface area contributed by atoms with Gasteiger partial charge in [-0.2, -0.15) is 13.2 Å². The lowest BCUT2D eigenvalue weighted by molar-refractivity contribution is -0.140. The van der Waals surface area contributed by atoms with Gasteiger partial charge in [0.1, 0.15) is 11.4 Å². The summed E-state index contributed by atoms with van der Waals surface area (Å²) < 4.78 is 57.6. The molecular weight excluding hydrogens is 368 g/mol. The van der Waals surface area contributed by atoms with Crippen molar-refractivity contribution in [1.29, 1.82) is 0 Å². The maximum atomic E-state index is 14.1. The van der Waals surface area contributed by atoms with Crippen LogP contribution in [0.15, 0.2) is 18.2 Å². The number of rotatable bonds is 2. The molecule has 0 N–H and O–H groups in total. The zero-order valence-corrected chi connectivity index (χ0v) is 15.4. The first-order valence-corrected chi connectivity index (χ1v) is 8.49. The van der Waals surface area contributed by atoms with Crippen molar-refractivity contribution < 1.29 is 31.9 Å². The number of ether oxygens (including phenoxy) is 1. The van der Waals surface area contributed by atoms with Gasteiger partial charge >= 0.3 is 12.3 Å². The summed E-state index contributed by atoms with van der Waals surface area (Å²) in [5, 5.41) is 0. The van der Waals surface area contributed by atoms with Crippen molar-refractivity contribution in [2.45, 2.75) is 39.0 Å². The van der Waals surface area contributed by atoms with Crippen molar-refractivity contribution in [2.24, 2.45) is 0 Å². The molecule has 0 radical (unpaired) electrons. The van der Waals surface area contributed by atoms with Crippen LogP contribution >= 0.6 is 0 Å². The summed E-state index contributed by atoms with van der Waals surface area (Å²) in [6.45, 7) is 6.13. The minimum atomic E-state index is -4.82. The second-order valence-corrected chi connectivity index (χ2v) is 7.30. The number of carbonyl (C=O) groups is 2. The molecule has 1 saturated heterocycles. The van der Waals surface area contributed by atoms with Crippen molar-refractivity contribution in [3.8, 4) is 0 Å². The Bertz CT molecular complexity index is 706. The Hall–Kier alpha value is -2.32. The number of halogens is 4. The van der Waals surface area contributed by atoms with Crippen LogP contribution in [0.5, 0.6) is 0 Å². The number of benzene rings is 1. The van der Waals surface area contributed by atoms with E-state index in [1.54, 1.807) is 20.8 Å². The zero-order chi connectivity index (χ0) is 20.4. The van der Waals surface area contributed by atoms with Gasteiger partial charge in [-0.05, 0) is 32.4 Å². The van der Waals surface area contributed by atoms with Crippen molar-refractivity contribution in [3.05, 3.63) is 35.1 Å². The Kier molecular flexibility index (Phi) is 6.01. The molecule has 1 aromatic carbocycles. The van der Waals surface area contributed by atoms with Crippen LogP contribution in [0.4, 0.5) is 22.4 Å². The van der Waals surface area contributed by atoms with E-state index in [4.69, 9.17) is 4.74 Å². The number of amides is 2. The third-order valence-electron chi connectivity index (χ3n) is 4.01. The second kappa shape index (κ2) is 7.74. The van der Waals surface area contributed by atoms with E-state index >= 15 is 0 Å². The van der Waals surface area contributed by atoms with Crippen LogP contribution in [-0.4, -0.2) is 53.6 Å². The molecule has 0 spiro atoms. The summed E-state index contributed by atoms with van der Waals surface area (Å²) in [6.07, 6.45) is -5.77. The molecule has 0 aliphatic carbocycles. The quantitative estimate of drug-likeness (QED) is 0.727. The molecule has 1 aliphatic heterocycles. The van der Waals surface area contributed by atoms with Gasteiger partial charge in [-0.15, -0.1) is 0 Å². The van der Waals surface area contributed by atoms with Crippen molar-refractivity contribution in [1.82, 2.24) is 9.80 Å². The van der Waals surface area contributed by atoms with Gasteiger partial charge in [0.15, 0.2) is 0 Å². The third-order valence-corrected chi connectivity index (χ3v) is 4.01. The van der Waals surface area contributed by atoms with Crippen LogP contribution in [0.25, 0.3) is 0 Å². The lowest BCUT2D eigenvalue weighted by Gasteiger charge is -2.35. The molecule has 27 heavy (non-hydrogen) atoms. The van der Waals surface area contributed by atoms with Gasteiger partial charge in [-0.1, -0.05) is 12.1 Å². The molecule has 0 saturated carbocycles. The van der Waals surface area contributed by atoms with Gasteiger partial charge in [0.25, 0.3) is 0 Å². The van der Waals surface area contributed by atoms with Crippen LogP contribution in [0.3, 0.4) is 0 Å². The molecule has 0 unspecified atom stereocenters. The van der Waals surface area contributed by atoms with Crippen LogP contribution in [0.1, 0.15) is 31.9 Å². The molecule has 0 aromatic heterocycles. The highest BCUT2D eigenvalue weighted by molar-refractivity contribution is 5.79. The molecule has 2 amide bonds. The monoisotopic (exact) mass is 390 g/mol. The standard InChI is InChI=1S/C18H22F4N2O3/c1-17(2,3)27-16(26)24-9-7-23(8-10-24)14(25)11-12-5-4-6-13(15(12)19)18(20,21)22/h4-6H,7-11H2,1-3H3. The predicted octanol–water partition coefficient (Wildman–Crippen LogP) is 3.47. The lowest BCUT2D eigenvalue weighted by Crippen LogP contribution is -2.52. The fraction of sp³-hybridized carbons (Fsp3) is 0.556. The number of hydrogen-bond donors (Lipinski definition) is 0. The van der Waals surface area contributed by atoms with E-state index in [-0.39, 0.29) is 31.7 Å². The van der Waals surface area contributed by atoms with Gasteiger partial charge in [0.05, 0.1) is 12.0 Å². The molecule has 150 valence electrons. The molecular formula is C18H22F4N2O3. The number of piperazine rings is 1. The SMILES string of the molecule is CC(C)(C)OC(=O)N1CCN(C(=O)Cc2cccc(C(F)(F)F)c2F)CC1. The van der Waals surface area contributed by atoms with Gasteiger partial charge in [0, 0.05) is 26.2 Å². The summed E-state index contributed by atoms with van der Waals surface area (Å²) >= 11 is 0. The number of alkyl halides is 3. The highest BCUT2D eigenvalue weighted by atomic mass is 19.4. The minimum absolute atomic E-state index is 0.207. The fourth-order valence-corrected chi connectivity index (χ4v) is 2.67. The minimum Gasteiger partial charge on any atom is -0.444 e. The predicted molar refractivity (Wildman–Crippen MR) is 89.5 cm³/mol. The molecule has 0 atom stereocenters. The fourth-order valence-electron chi connectivity index (χ4n) is 2.67. The van der Waals surface area contributed by atoms with E-state index in [1.807, 2.05) is 0 Å². The smallest absolute Gasteiger partial charge is 0.419 e. The maximum Gasteiger partial charge on any atom is 0.419 e. The van der Waals surface area contributed by atoms with E-state index in [0.717, 1.165) is 6.07 Å². The molecule has 0 bridgehead atoms. The van der Waals surface area contributed by atoms with Crippen molar-refractivity contribution >= 4 is 12.0 Å². The van der Waals surface area contributed by atoms with Crippen LogP contribution in [-0.2, 0) is 22.1 Å². The second-order valence-electron chi connectivity index (χ2n) is 7.30. The maximum absolute atomic E-state index is 14.1. The first-order valence-electron chi connectivity index (χ1n) is 8.49. The largest absolute Gasteiger partial charge is 0.444 e. The molecule has 9 heteroatoms. The lowest BCUT2D eigenvalue weighted by atomic mass is 10.1. The topological polar surface area (TPSA) is 49.9 Å². The van der Waals surface area contributed by atoms with Gasteiger partial charge in [0.2, 0.25) is 5.91 Å². The molecule has 1 heterocycles. The van der Waals surface area contributed by atoms with Crippen molar-refractivity contribution in [2.75, 3.05) is 26.2 Å². The Morgan fingerprint density at radius 1 is 1.04 bits per heavy atom. The number of hydrogen-bond acceptors (Lipinski definition) is 3. The van der Waals surface area contributed by atoms with Crippen molar-refractivity contribution in [3.63, 3.8) is 0 Å². The average molecular weight is 390 g/mol. The van der Waals surface area contributed by atoms with E-state index in [9.17, 15) is 27.2 Å². The summed E-state index contributed by atoms with van der Waals surface area (Å²) in [7, 11) is 0. The molecule has 2 rings (SSSR count). The number of carbonyl (C=O) groups excluding carboxylic acids is 2. The summed E-state index contributed by atoms with van der Waals surface area (Å²) in [5.41, 5.74) is -2.32. The molecule has 5 nitrogen and oxygen atoms in total. The van der Waals surface area contributed by atoms with E-state index in [2.05, 4.69) is 0 Å². The summed E-state index contributed by atoms with van der Waals surface area (Å²) in [5.74, 6) is -1.91. The zero-order valence-electron chi connectivity index (χ0n) is 15.4. The summed E-state index contributed by atoms with van der Waals surface area (Å²) in [6, 6.07) is 2.89. The first-order chi connectivity index (χ1) is 12.4. The Morgan fingerprint density at radius 2 is 1.59 bits per heavy atom. The van der Waals surface area contributed by atoms with Gasteiger partial charge in [-0.3, -0.25) is 4.79 Å². The highest BCUT2D eigenvalue weighted by Gasteiger charge is 2.35. The van der Waals surface area contributed by atoms with E-state index in [1.165, 1.54) is 15.9 Å². The Balaban J connectivity index is 1.97. The van der Waals surface area contributed by atoms with E-state index < -0.39 is 41.6 Å². The third kappa shape index (κ3) is 5.58.